The highest BCUT2D eigenvalue weighted by atomic mass is 16.3. The second kappa shape index (κ2) is 5.76. The number of nitriles is 1. The molecule has 0 aliphatic carbocycles. The Morgan fingerprint density at radius 1 is 1.59 bits per heavy atom. The van der Waals surface area contributed by atoms with Crippen molar-refractivity contribution in [3.63, 3.8) is 0 Å². The SMILES string of the molecule is N#Cc1ncccc1CN1CCC(CCO)C1. The molecule has 1 aromatic rings. The van der Waals surface area contributed by atoms with E-state index in [4.69, 9.17) is 10.4 Å². The standard InChI is InChI=1S/C13H17N3O/c14-8-13-12(2-1-5-15-13)10-16-6-3-11(9-16)4-7-17/h1-2,5,11,17H,3-4,6-7,9-10H2. The van der Waals surface area contributed by atoms with Crippen molar-refractivity contribution in [2.24, 2.45) is 5.92 Å². The van der Waals surface area contributed by atoms with Crippen LogP contribution in [0.5, 0.6) is 0 Å². The zero-order chi connectivity index (χ0) is 12.1. The number of likely N-dealkylation sites (tertiary alicyclic amines) is 1. The van der Waals surface area contributed by atoms with E-state index in [1.165, 1.54) is 0 Å². The summed E-state index contributed by atoms with van der Waals surface area (Å²) in [5.74, 6) is 0.599. The second-order valence-corrected chi connectivity index (χ2v) is 4.53. The summed E-state index contributed by atoms with van der Waals surface area (Å²) in [7, 11) is 0. The van der Waals surface area contributed by atoms with Gasteiger partial charge in [-0.25, -0.2) is 4.98 Å². The van der Waals surface area contributed by atoms with E-state index in [0.29, 0.717) is 11.6 Å². The van der Waals surface area contributed by atoms with Gasteiger partial charge in [0.15, 0.2) is 0 Å². The highest BCUT2D eigenvalue weighted by Gasteiger charge is 2.22. The molecule has 1 aromatic heterocycles. The summed E-state index contributed by atoms with van der Waals surface area (Å²) < 4.78 is 0. The molecule has 1 N–H and O–H groups in total. The third-order valence-corrected chi connectivity index (χ3v) is 3.30. The van der Waals surface area contributed by atoms with Gasteiger partial charge in [-0.15, -0.1) is 0 Å². The first-order valence-corrected chi connectivity index (χ1v) is 6.00. The highest BCUT2D eigenvalue weighted by molar-refractivity contribution is 5.30. The molecule has 0 spiro atoms. The summed E-state index contributed by atoms with van der Waals surface area (Å²) in [5, 5.41) is 17.9. The molecule has 4 nitrogen and oxygen atoms in total. The normalized spacial score (nSPS) is 20.4. The molecule has 1 fully saturated rings. The van der Waals surface area contributed by atoms with Gasteiger partial charge in [-0.1, -0.05) is 6.07 Å². The molecule has 2 rings (SSSR count). The summed E-state index contributed by atoms with van der Waals surface area (Å²) >= 11 is 0. The number of hydrogen-bond donors (Lipinski definition) is 1. The van der Waals surface area contributed by atoms with Gasteiger partial charge in [0.1, 0.15) is 11.8 Å². The Balaban J connectivity index is 1.96. The Morgan fingerprint density at radius 3 is 3.24 bits per heavy atom. The largest absolute Gasteiger partial charge is 0.396 e. The maximum atomic E-state index is 8.96. The molecule has 0 aromatic carbocycles. The van der Waals surface area contributed by atoms with E-state index in [9.17, 15) is 0 Å². The lowest BCUT2D eigenvalue weighted by molar-refractivity contribution is 0.249. The molecule has 0 amide bonds. The van der Waals surface area contributed by atoms with Gasteiger partial charge >= 0.3 is 0 Å². The number of hydrogen-bond acceptors (Lipinski definition) is 4. The second-order valence-electron chi connectivity index (χ2n) is 4.53. The Morgan fingerprint density at radius 2 is 2.47 bits per heavy atom. The topological polar surface area (TPSA) is 60.2 Å². The minimum Gasteiger partial charge on any atom is -0.396 e. The highest BCUT2D eigenvalue weighted by Crippen LogP contribution is 2.21. The minimum absolute atomic E-state index is 0.273. The van der Waals surface area contributed by atoms with Crippen LogP contribution in [0.25, 0.3) is 0 Å². The van der Waals surface area contributed by atoms with Gasteiger partial charge < -0.3 is 5.11 Å². The predicted molar refractivity (Wildman–Crippen MR) is 64.0 cm³/mol. The van der Waals surface area contributed by atoms with E-state index in [0.717, 1.165) is 38.0 Å². The molecule has 4 heteroatoms. The van der Waals surface area contributed by atoms with Crippen LogP contribution in [0.2, 0.25) is 0 Å². The molecular weight excluding hydrogens is 214 g/mol. The number of aliphatic hydroxyl groups is 1. The molecule has 1 saturated heterocycles. The average molecular weight is 231 g/mol. The number of aromatic nitrogens is 1. The lowest BCUT2D eigenvalue weighted by atomic mass is 10.1. The molecule has 17 heavy (non-hydrogen) atoms. The summed E-state index contributed by atoms with van der Waals surface area (Å²) in [6, 6.07) is 5.96. The zero-order valence-corrected chi connectivity index (χ0v) is 9.84. The molecule has 0 saturated carbocycles. The van der Waals surface area contributed by atoms with Gasteiger partial charge in [0.2, 0.25) is 0 Å². The van der Waals surface area contributed by atoms with Crippen molar-refractivity contribution < 1.29 is 5.11 Å². The van der Waals surface area contributed by atoms with E-state index >= 15 is 0 Å². The Labute approximate surface area is 102 Å². The molecule has 1 aliphatic heterocycles. The van der Waals surface area contributed by atoms with Gasteiger partial charge in [-0.3, -0.25) is 4.90 Å². The fourth-order valence-electron chi connectivity index (χ4n) is 2.38. The number of pyridine rings is 1. The van der Waals surface area contributed by atoms with E-state index in [2.05, 4.69) is 16.0 Å². The molecule has 1 atom stereocenters. The van der Waals surface area contributed by atoms with Crippen LogP contribution in [0.3, 0.4) is 0 Å². The van der Waals surface area contributed by atoms with Crippen molar-refractivity contribution in [2.45, 2.75) is 19.4 Å². The lowest BCUT2D eigenvalue weighted by Crippen LogP contribution is -2.21. The van der Waals surface area contributed by atoms with Crippen molar-refractivity contribution in [3.8, 4) is 6.07 Å². The van der Waals surface area contributed by atoms with Crippen LogP contribution in [-0.4, -0.2) is 34.7 Å². The molecular formula is C13H17N3O. The zero-order valence-electron chi connectivity index (χ0n) is 9.84. The van der Waals surface area contributed by atoms with E-state index in [-0.39, 0.29) is 6.61 Å². The number of aliphatic hydroxyl groups excluding tert-OH is 1. The third kappa shape index (κ3) is 3.02. The fourth-order valence-corrected chi connectivity index (χ4v) is 2.38. The first-order chi connectivity index (χ1) is 8.33. The van der Waals surface area contributed by atoms with E-state index < -0.39 is 0 Å². The van der Waals surface area contributed by atoms with Crippen LogP contribution in [0, 0.1) is 17.2 Å². The van der Waals surface area contributed by atoms with Crippen LogP contribution in [0.1, 0.15) is 24.1 Å². The van der Waals surface area contributed by atoms with Crippen molar-refractivity contribution in [1.29, 1.82) is 5.26 Å². The molecule has 1 unspecified atom stereocenters. The minimum atomic E-state index is 0.273. The summed E-state index contributed by atoms with van der Waals surface area (Å²) in [4.78, 5) is 6.40. The van der Waals surface area contributed by atoms with Crippen LogP contribution in [0.15, 0.2) is 18.3 Å². The first-order valence-electron chi connectivity index (χ1n) is 6.00. The monoisotopic (exact) mass is 231 g/mol. The molecule has 1 aliphatic rings. The van der Waals surface area contributed by atoms with Gasteiger partial charge in [0, 0.05) is 31.5 Å². The average Bonchev–Trinajstić information content (AvgIpc) is 2.78. The molecule has 0 radical (unpaired) electrons. The van der Waals surface area contributed by atoms with Crippen LogP contribution >= 0.6 is 0 Å². The smallest absolute Gasteiger partial charge is 0.144 e. The Bertz CT molecular complexity index is 413. The third-order valence-electron chi connectivity index (χ3n) is 3.30. The van der Waals surface area contributed by atoms with Gasteiger partial charge in [-0.05, 0) is 31.4 Å². The number of nitrogens with zero attached hydrogens (tertiary/aromatic N) is 3. The predicted octanol–water partition coefficient (Wildman–Crippen LogP) is 1.16. The van der Waals surface area contributed by atoms with Gasteiger partial charge in [0.25, 0.3) is 0 Å². The van der Waals surface area contributed by atoms with Crippen LogP contribution in [-0.2, 0) is 6.54 Å². The first kappa shape index (κ1) is 12.0. The van der Waals surface area contributed by atoms with Crippen molar-refractivity contribution >= 4 is 0 Å². The molecule has 0 bridgehead atoms. The van der Waals surface area contributed by atoms with E-state index in [1.54, 1.807) is 6.20 Å². The molecule has 90 valence electrons. The van der Waals surface area contributed by atoms with Crippen LogP contribution in [0.4, 0.5) is 0 Å². The van der Waals surface area contributed by atoms with Crippen LogP contribution < -0.4 is 0 Å². The van der Waals surface area contributed by atoms with Crippen molar-refractivity contribution in [2.75, 3.05) is 19.7 Å². The van der Waals surface area contributed by atoms with Gasteiger partial charge in [-0.2, -0.15) is 5.26 Å². The summed E-state index contributed by atoms with van der Waals surface area (Å²) in [6.07, 6.45) is 3.68. The Hall–Kier alpha value is -1.44. The number of rotatable bonds is 4. The maximum Gasteiger partial charge on any atom is 0.144 e. The summed E-state index contributed by atoms with van der Waals surface area (Å²) in [5.41, 5.74) is 1.53. The lowest BCUT2D eigenvalue weighted by Gasteiger charge is -2.16. The fraction of sp³-hybridized carbons (Fsp3) is 0.538. The Kier molecular flexibility index (Phi) is 4.08. The van der Waals surface area contributed by atoms with E-state index in [1.807, 2.05) is 12.1 Å². The van der Waals surface area contributed by atoms with Crippen molar-refractivity contribution in [1.82, 2.24) is 9.88 Å². The molecule has 2 heterocycles. The van der Waals surface area contributed by atoms with Crippen molar-refractivity contribution in [3.05, 3.63) is 29.6 Å². The summed E-state index contributed by atoms with van der Waals surface area (Å²) in [6.45, 7) is 3.12. The van der Waals surface area contributed by atoms with Gasteiger partial charge in [0.05, 0.1) is 0 Å². The quantitative estimate of drug-likeness (QED) is 0.844. The maximum absolute atomic E-state index is 8.96.